The second kappa shape index (κ2) is 28.3. The van der Waals surface area contributed by atoms with Gasteiger partial charge in [0.05, 0.1) is 0 Å². The van der Waals surface area contributed by atoms with E-state index in [1.54, 1.807) is 11.1 Å². The van der Waals surface area contributed by atoms with Crippen molar-refractivity contribution in [2.24, 2.45) is 0 Å². The lowest BCUT2D eigenvalue weighted by Gasteiger charge is -2.24. The predicted octanol–water partition coefficient (Wildman–Crippen LogP) is 22.8. The quantitative estimate of drug-likeness (QED) is 0.0279. The van der Waals surface area contributed by atoms with Gasteiger partial charge in [0.2, 0.25) is 0 Å². The lowest BCUT2D eigenvalue weighted by atomic mass is 9.86. The molecule has 0 amide bonds. The molecule has 0 N–H and O–H groups in total. The third kappa shape index (κ3) is 14.2. The Hall–Kier alpha value is -3.81. The van der Waals surface area contributed by atoms with Crippen LogP contribution in [0, 0.1) is 0 Å². The van der Waals surface area contributed by atoms with Crippen molar-refractivity contribution in [2.45, 2.75) is 218 Å². The van der Waals surface area contributed by atoms with Gasteiger partial charge in [0.15, 0.2) is 0 Å². The highest BCUT2D eigenvalue weighted by Crippen LogP contribution is 2.43. The highest BCUT2D eigenvalue weighted by atomic mass is 32.2. The molecule has 0 nitrogen and oxygen atoms in total. The summed E-state index contributed by atoms with van der Waals surface area (Å²) in [5.41, 5.74) is 3.18. The fraction of sp³-hybridized carbons (Fsp3) is 0.529. The maximum absolute atomic E-state index is 2.53. The monoisotopic (exact) mass is 939 g/mol. The number of benzene rings is 8. The van der Waals surface area contributed by atoms with Gasteiger partial charge in [-0.3, -0.25) is 0 Å². The smallest absolute Gasteiger partial charge is 0.000191 e. The van der Waals surface area contributed by atoms with Crippen molar-refractivity contribution in [1.29, 1.82) is 0 Å². The van der Waals surface area contributed by atoms with Crippen LogP contribution in [0.25, 0.3) is 64.6 Å². The zero-order chi connectivity index (χ0) is 47.3. The predicted molar refractivity (Wildman–Crippen MR) is 313 cm³/mol. The Balaban J connectivity index is 0.927. The summed E-state index contributed by atoms with van der Waals surface area (Å²) in [6, 6.07) is 42.9. The van der Waals surface area contributed by atoms with Crippen molar-refractivity contribution in [3.05, 3.63) is 120 Å². The normalized spacial score (nSPS) is 13.1. The molecule has 0 aliphatic rings. The summed E-state index contributed by atoms with van der Waals surface area (Å²) in [6.07, 6.45) is 42.2. The minimum Gasteiger partial charge on any atom is -0.161 e. The number of hydrogen-bond acceptors (Lipinski definition) is 1. The van der Waals surface area contributed by atoms with E-state index in [0.29, 0.717) is 11.8 Å². The van der Waals surface area contributed by atoms with Crippen LogP contribution in [0.4, 0.5) is 0 Å². The van der Waals surface area contributed by atoms with Crippen LogP contribution in [0.15, 0.2) is 109 Å². The molecule has 0 saturated carbocycles. The second-order valence-corrected chi connectivity index (χ2v) is 22.8. The number of unbranched alkanes of at least 4 members (excludes halogenated alkanes) is 26. The second-order valence-electron chi connectivity index (χ2n) is 21.7. The van der Waals surface area contributed by atoms with E-state index in [9.17, 15) is 0 Å². The van der Waals surface area contributed by atoms with Gasteiger partial charge in [-0.25, -0.2) is 0 Å². The van der Waals surface area contributed by atoms with Gasteiger partial charge in [-0.2, -0.15) is 11.8 Å². The Kier molecular flexibility index (Phi) is 21.1. The molecular weight excluding hydrogens is 849 g/mol. The molecule has 1 heteroatoms. The average Bonchev–Trinajstić information content (AvgIpc) is 3.38. The van der Waals surface area contributed by atoms with Crippen molar-refractivity contribution in [3.8, 4) is 0 Å². The first-order chi connectivity index (χ1) is 34.2. The summed E-state index contributed by atoms with van der Waals surface area (Å²) >= 11 is 2.27. The third-order valence-electron chi connectivity index (χ3n) is 16.5. The van der Waals surface area contributed by atoms with E-state index in [1.165, 1.54) is 269 Å². The highest BCUT2D eigenvalue weighted by molar-refractivity contribution is 7.99. The molecule has 0 aromatic heterocycles. The van der Waals surface area contributed by atoms with Crippen LogP contribution in [0.1, 0.15) is 229 Å². The van der Waals surface area contributed by atoms with Crippen molar-refractivity contribution < 1.29 is 0 Å². The average molecular weight is 940 g/mol. The largest absolute Gasteiger partial charge is 0.161 e. The molecule has 0 spiro atoms. The van der Waals surface area contributed by atoms with E-state index in [-0.39, 0.29) is 0 Å². The molecule has 8 aromatic rings. The Morgan fingerprint density at radius 1 is 0.275 bits per heavy atom. The van der Waals surface area contributed by atoms with Gasteiger partial charge in [0.1, 0.15) is 0 Å². The standard InChI is InChI=1S/C68H90S/c1-3-5-7-9-11-13-15-17-19-21-23-25-27-29-33-59(61-47-43-57-41-39-53-35-31-37-55-45-49-63(61)67(57)65(53)55)51-69-52-60(34-30-28-26-24-22-20-18-16-14-12-10-8-6-4-2)62-48-44-58-42-40-54-36-32-38-56-46-50-64(62)68(58)66(54)56/h31-32,35-50,59-60H,3-30,33-34,51-52H2,1-2H3. The molecule has 2 atom stereocenters. The molecule has 0 radical (unpaired) electrons. The van der Waals surface area contributed by atoms with Crippen LogP contribution in [-0.4, -0.2) is 11.5 Å². The van der Waals surface area contributed by atoms with E-state index in [2.05, 4.69) is 135 Å². The van der Waals surface area contributed by atoms with Crippen molar-refractivity contribution >= 4 is 76.4 Å². The Morgan fingerprint density at radius 2 is 0.536 bits per heavy atom. The molecule has 0 heterocycles. The SMILES string of the molecule is CCCCCCCCCCCCCCCCC(CSCC(CCCCCCCCCCCCCCCC)c1ccc2ccc3cccc4ccc1c2c34)c1ccc2ccc3cccc4ccc1c2c34. The van der Waals surface area contributed by atoms with Gasteiger partial charge in [-0.15, -0.1) is 0 Å². The van der Waals surface area contributed by atoms with Crippen LogP contribution >= 0.6 is 11.8 Å². The summed E-state index contributed by atoms with van der Waals surface area (Å²) in [7, 11) is 0. The van der Waals surface area contributed by atoms with E-state index in [4.69, 9.17) is 0 Å². The van der Waals surface area contributed by atoms with E-state index < -0.39 is 0 Å². The zero-order valence-corrected chi connectivity index (χ0v) is 44.4. The van der Waals surface area contributed by atoms with E-state index in [0.717, 1.165) is 0 Å². The fourth-order valence-electron chi connectivity index (χ4n) is 12.4. The summed E-state index contributed by atoms with van der Waals surface area (Å²) in [5, 5.41) is 17.2. The molecule has 8 rings (SSSR count). The van der Waals surface area contributed by atoms with Crippen LogP contribution < -0.4 is 0 Å². The Bertz CT molecular complexity index is 2450. The van der Waals surface area contributed by atoms with Gasteiger partial charge in [-0.1, -0.05) is 303 Å². The summed E-state index contributed by atoms with van der Waals surface area (Å²) in [6.45, 7) is 4.64. The molecule has 69 heavy (non-hydrogen) atoms. The summed E-state index contributed by atoms with van der Waals surface area (Å²) in [5.74, 6) is 3.51. The van der Waals surface area contributed by atoms with Crippen LogP contribution in [-0.2, 0) is 0 Å². The molecule has 0 bridgehead atoms. The molecule has 0 saturated heterocycles. The van der Waals surface area contributed by atoms with Crippen molar-refractivity contribution in [1.82, 2.24) is 0 Å². The van der Waals surface area contributed by atoms with Gasteiger partial charge >= 0.3 is 0 Å². The van der Waals surface area contributed by atoms with Crippen molar-refractivity contribution in [2.75, 3.05) is 11.5 Å². The topological polar surface area (TPSA) is 0 Å². The summed E-state index contributed by atoms with van der Waals surface area (Å²) in [4.78, 5) is 0. The number of hydrogen-bond donors (Lipinski definition) is 0. The molecule has 0 aliphatic heterocycles. The summed E-state index contributed by atoms with van der Waals surface area (Å²) < 4.78 is 0. The first-order valence-electron chi connectivity index (χ1n) is 29.2. The van der Waals surface area contributed by atoms with Crippen molar-refractivity contribution in [3.63, 3.8) is 0 Å². The lowest BCUT2D eigenvalue weighted by molar-refractivity contribution is 0.524. The number of thioether (sulfide) groups is 1. The van der Waals surface area contributed by atoms with Gasteiger partial charge in [-0.05, 0) is 100 Å². The molecule has 0 fully saturated rings. The first-order valence-corrected chi connectivity index (χ1v) is 30.3. The molecule has 2 unspecified atom stereocenters. The van der Waals surface area contributed by atoms with E-state index >= 15 is 0 Å². The van der Waals surface area contributed by atoms with Crippen LogP contribution in [0.3, 0.4) is 0 Å². The maximum atomic E-state index is 2.53. The number of rotatable bonds is 36. The van der Waals surface area contributed by atoms with E-state index in [1.807, 2.05) is 0 Å². The fourth-order valence-corrected chi connectivity index (χ4v) is 13.8. The molecule has 8 aromatic carbocycles. The molecular formula is C68H90S. The van der Waals surface area contributed by atoms with Gasteiger partial charge in [0, 0.05) is 11.5 Å². The Morgan fingerprint density at radius 3 is 0.855 bits per heavy atom. The Labute approximate surface area is 424 Å². The van der Waals surface area contributed by atoms with Gasteiger partial charge in [0.25, 0.3) is 0 Å². The zero-order valence-electron chi connectivity index (χ0n) is 43.6. The lowest BCUT2D eigenvalue weighted by Crippen LogP contribution is -2.08. The maximum Gasteiger partial charge on any atom is 0.000191 e. The molecule has 368 valence electrons. The van der Waals surface area contributed by atoms with Crippen LogP contribution in [0.2, 0.25) is 0 Å². The minimum atomic E-state index is 0.556. The van der Waals surface area contributed by atoms with Crippen LogP contribution in [0.5, 0.6) is 0 Å². The third-order valence-corrected chi connectivity index (χ3v) is 17.7. The highest BCUT2D eigenvalue weighted by Gasteiger charge is 2.22. The molecule has 0 aliphatic carbocycles. The first kappa shape index (κ1) is 51.5. The van der Waals surface area contributed by atoms with Gasteiger partial charge < -0.3 is 0 Å². The minimum absolute atomic E-state index is 0.556.